The van der Waals surface area contributed by atoms with Gasteiger partial charge in [-0.1, -0.05) is 23.7 Å². The molecule has 15 heavy (non-hydrogen) atoms. The Labute approximate surface area is 96.0 Å². The lowest BCUT2D eigenvalue weighted by molar-refractivity contribution is 0.0989. The summed E-state index contributed by atoms with van der Waals surface area (Å²) in [5, 5.41) is 0.668. The maximum Gasteiger partial charge on any atom is 0.188 e. The van der Waals surface area contributed by atoms with Crippen molar-refractivity contribution in [1.82, 2.24) is 8.75 Å². The first-order valence-electron chi connectivity index (χ1n) is 4.31. The van der Waals surface area contributed by atoms with Crippen molar-refractivity contribution in [2.75, 3.05) is 0 Å². The predicted molar refractivity (Wildman–Crippen MR) is 59.4 cm³/mol. The predicted octanol–water partition coefficient (Wildman–Crippen LogP) is 2.62. The molecule has 0 saturated carbocycles. The van der Waals surface area contributed by atoms with E-state index >= 15 is 0 Å². The number of hydrogen-bond acceptors (Lipinski definition) is 4. The molecule has 5 heteroatoms. The highest BCUT2D eigenvalue weighted by Crippen LogP contribution is 2.11. The monoisotopic (exact) mass is 238 g/mol. The summed E-state index contributed by atoms with van der Waals surface area (Å²) >= 11 is 6.78. The molecule has 0 aliphatic rings. The molecule has 0 spiro atoms. The Morgan fingerprint density at radius 2 is 2.07 bits per heavy atom. The molecular formula is C10H7ClN2OS. The molecule has 2 aromatic rings. The molecule has 0 atom stereocenters. The van der Waals surface area contributed by atoms with Gasteiger partial charge in [0, 0.05) is 11.4 Å². The van der Waals surface area contributed by atoms with Crippen molar-refractivity contribution in [1.29, 1.82) is 0 Å². The first-order chi connectivity index (χ1) is 7.25. The average Bonchev–Trinajstić information content (AvgIpc) is 2.74. The molecule has 76 valence electrons. The molecule has 0 amide bonds. The standard InChI is InChI=1S/C10H7ClN2OS/c11-8-3-1-7(2-4-8)5-10(14)9-6-12-15-13-9/h1-4,6H,5H2. The highest BCUT2D eigenvalue weighted by Gasteiger charge is 2.09. The first-order valence-corrected chi connectivity index (χ1v) is 5.42. The Morgan fingerprint density at radius 1 is 1.33 bits per heavy atom. The van der Waals surface area contributed by atoms with Crippen LogP contribution in [0.15, 0.2) is 30.5 Å². The third-order valence-corrected chi connectivity index (χ3v) is 2.65. The van der Waals surface area contributed by atoms with Gasteiger partial charge in [0.15, 0.2) is 5.78 Å². The van der Waals surface area contributed by atoms with Crippen LogP contribution in [0.25, 0.3) is 0 Å². The minimum absolute atomic E-state index is 0.0222. The lowest BCUT2D eigenvalue weighted by atomic mass is 10.1. The molecule has 0 bridgehead atoms. The van der Waals surface area contributed by atoms with Crippen molar-refractivity contribution in [3.05, 3.63) is 46.7 Å². The van der Waals surface area contributed by atoms with E-state index in [1.807, 2.05) is 12.1 Å². The number of benzene rings is 1. The molecule has 0 N–H and O–H groups in total. The van der Waals surface area contributed by atoms with E-state index in [1.165, 1.54) is 6.20 Å². The largest absolute Gasteiger partial charge is 0.292 e. The molecule has 0 aliphatic heterocycles. The van der Waals surface area contributed by atoms with Crippen LogP contribution in [0, 0.1) is 0 Å². The quantitative estimate of drug-likeness (QED) is 0.772. The molecule has 1 heterocycles. The minimum Gasteiger partial charge on any atom is -0.292 e. The lowest BCUT2D eigenvalue weighted by Crippen LogP contribution is -2.03. The van der Waals surface area contributed by atoms with Crippen molar-refractivity contribution >= 4 is 29.1 Å². The first kappa shape index (κ1) is 10.3. The summed E-state index contributed by atoms with van der Waals surface area (Å²) in [4.78, 5) is 11.6. The van der Waals surface area contributed by atoms with E-state index in [4.69, 9.17) is 11.6 Å². The number of nitrogens with zero attached hydrogens (tertiary/aromatic N) is 2. The van der Waals surface area contributed by atoms with E-state index in [0.717, 1.165) is 17.3 Å². The molecule has 0 radical (unpaired) electrons. The van der Waals surface area contributed by atoms with Gasteiger partial charge >= 0.3 is 0 Å². The van der Waals surface area contributed by atoms with Crippen molar-refractivity contribution in [3.8, 4) is 0 Å². The van der Waals surface area contributed by atoms with Gasteiger partial charge in [-0.15, -0.1) is 0 Å². The van der Waals surface area contributed by atoms with Crippen molar-refractivity contribution < 1.29 is 4.79 Å². The third kappa shape index (κ3) is 2.61. The van der Waals surface area contributed by atoms with Crippen LogP contribution in [0.5, 0.6) is 0 Å². The van der Waals surface area contributed by atoms with E-state index in [1.54, 1.807) is 12.1 Å². The normalized spacial score (nSPS) is 10.2. The third-order valence-electron chi connectivity index (χ3n) is 1.92. The summed E-state index contributed by atoms with van der Waals surface area (Å²) in [6.45, 7) is 0. The van der Waals surface area contributed by atoms with Crippen LogP contribution in [-0.2, 0) is 6.42 Å². The Balaban J connectivity index is 2.09. The maximum atomic E-state index is 11.6. The summed E-state index contributed by atoms with van der Waals surface area (Å²) < 4.78 is 7.67. The topological polar surface area (TPSA) is 42.9 Å². The molecule has 0 unspecified atom stereocenters. The molecule has 3 nitrogen and oxygen atoms in total. The fourth-order valence-corrected chi connectivity index (χ4v) is 1.72. The van der Waals surface area contributed by atoms with Gasteiger partial charge < -0.3 is 0 Å². The Morgan fingerprint density at radius 3 is 2.67 bits per heavy atom. The zero-order valence-corrected chi connectivity index (χ0v) is 9.26. The zero-order chi connectivity index (χ0) is 10.7. The van der Waals surface area contributed by atoms with Crippen LogP contribution >= 0.6 is 23.3 Å². The number of carbonyl (C=O) groups is 1. The molecule has 1 aromatic carbocycles. The number of ketones is 1. The van der Waals surface area contributed by atoms with E-state index in [2.05, 4.69) is 8.75 Å². The summed E-state index contributed by atoms with van der Waals surface area (Å²) in [6, 6.07) is 7.20. The highest BCUT2D eigenvalue weighted by atomic mass is 35.5. The van der Waals surface area contributed by atoms with E-state index in [-0.39, 0.29) is 5.78 Å². The minimum atomic E-state index is -0.0222. The van der Waals surface area contributed by atoms with Gasteiger partial charge in [0.25, 0.3) is 0 Å². The van der Waals surface area contributed by atoms with Gasteiger partial charge in [0.2, 0.25) is 0 Å². The number of halogens is 1. The van der Waals surface area contributed by atoms with Gasteiger partial charge in [-0.2, -0.15) is 8.75 Å². The zero-order valence-electron chi connectivity index (χ0n) is 7.68. The fourth-order valence-electron chi connectivity index (χ4n) is 1.17. The highest BCUT2D eigenvalue weighted by molar-refractivity contribution is 6.99. The van der Waals surface area contributed by atoms with Crippen LogP contribution in [0.3, 0.4) is 0 Å². The second-order valence-electron chi connectivity index (χ2n) is 3.02. The molecule has 0 fully saturated rings. The second-order valence-corrected chi connectivity index (χ2v) is 4.01. The Hall–Kier alpha value is -1.26. The van der Waals surface area contributed by atoms with Gasteiger partial charge in [0.05, 0.1) is 17.9 Å². The van der Waals surface area contributed by atoms with Crippen molar-refractivity contribution in [3.63, 3.8) is 0 Å². The maximum absolute atomic E-state index is 11.6. The molecule has 2 rings (SSSR count). The second kappa shape index (κ2) is 4.51. The van der Waals surface area contributed by atoms with Crippen LogP contribution in [0.1, 0.15) is 16.1 Å². The van der Waals surface area contributed by atoms with Crippen molar-refractivity contribution in [2.45, 2.75) is 6.42 Å². The molecule has 0 aliphatic carbocycles. The summed E-state index contributed by atoms with van der Waals surface area (Å²) in [5.41, 5.74) is 1.35. The van der Waals surface area contributed by atoms with Crippen LogP contribution < -0.4 is 0 Å². The number of Topliss-reactive ketones (excluding diaryl/α,β-unsaturated/α-hetero) is 1. The Bertz CT molecular complexity index is 453. The van der Waals surface area contributed by atoms with Crippen LogP contribution in [-0.4, -0.2) is 14.5 Å². The molecule has 0 saturated heterocycles. The Kier molecular flexibility index (Phi) is 3.08. The summed E-state index contributed by atoms with van der Waals surface area (Å²) in [7, 11) is 0. The number of hydrogen-bond donors (Lipinski definition) is 0. The average molecular weight is 239 g/mol. The van der Waals surface area contributed by atoms with Gasteiger partial charge in [-0.25, -0.2) is 0 Å². The smallest absolute Gasteiger partial charge is 0.188 e. The van der Waals surface area contributed by atoms with Crippen molar-refractivity contribution in [2.24, 2.45) is 0 Å². The number of aromatic nitrogens is 2. The van der Waals surface area contributed by atoms with Crippen LogP contribution in [0.2, 0.25) is 5.02 Å². The summed E-state index contributed by atoms with van der Waals surface area (Å²) in [6.07, 6.45) is 1.82. The number of rotatable bonds is 3. The summed E-state index contributed by atoms with van der Waals surface area (Å²) in [5.74, 6) is -0.0222. The van der Waals surface area contributed by atoms with Gasteiger partial charge in [-0.3, -0.25) is 4.79 Å². The molecule has 1 aromatic heterocycles. The number of carbonyl (C=O) groups excluding carboxylic acids is 1. The van der Waals surface area contributed by atoms with E-state index in [9.17, 15) is 4.79 Å². The van der Waals surface area contributed by atoms with E-state index in [0.29, 0.717) is 17.1 Å². The fraction of sp³-hybridized carbons (Fsp3) is 0.100. The van der Waals surface area contributed by atoms with Crippen LogP contribution in [0.4, 0.5) is 0 Å². The van der Waals surface area contributed by atoms with E-state index < -0.39 is 0 Å². The van der Waals surface area contributed by atoms with Gasteiger partial charge in [0.1, 0.15) is 5.69 Å². The SMILES string of the molecule is O=C(Cc1ccc(Cl)cc1)c1cnsn1. The van der Waals surface area contributed by atoms with Gasteiger partial charge in [-0.05, 0) is 17.7 Å². The molecular weight excluding hydrogens is 232 g/mol. The lowest BCUT2D eigenvalue weighted by Gasteiger charge is -1.98.